The summed E-state index contributed by atoms with van der Waals surface area (Å²) in [4.78, 5) is 11.7. The zero-order valence-corrected chi connectivity index (χ0v) is 12.3. The van der Waals surface area contributed by atoms with E-state index in [1.807, 2.05) is 13.8 Å². The summed E-state index contributed by atoms with van der Waals surface area (Å²) in [5.74, 6) is -2.19. The predicted molar refractivity (Wildman–Crippen MR) is 73.8 cm³/mol. The van der Waals surface area contributed by atoms with Gasteiger partial charge in [-0.05, 0) is 24.5 Å². The second-order valence-electron chi connectivity index (χ2n) is 4.83. The molecule has 1 unspecified atom stereocenters. The van der Waals surface area contributed by atoms with Crippen molar-refractivity contribution in [3.63, 3.8) is 0 Å². The van der Waals surface area contributed by atoms with E-state index in [0.29, 0.717) is 29.9 Å². The van der Waals surface area contributed by atoms with E-state index >= 15 is 0 Å². The molecule has 1 amide bonds. The van der Waals surface area contributed by atoms with Crippen molar-refractivity contribution in [2.24, 2.45) is 5.92 Å². The third-order valence-corrected chi connectivity index (χ3v) is 3.18. The maximum atomic E-state index is 12.0. The summed E-state index contributed by atoms with van der Waals surface area (Å²) in [5.41, 5.74) is 0. The first-order chi connectivity index (χ1) is 9.38. The van der Waals surface area contributed by atoms with Crippen LogP contribution in [0.4, 0.5) is 8.78 Å². The minimum absolute atomic E-state index is 0.0148. The van der Waals surface area contributed by atoms with Crippen molar-refractivity contribution in [3.05, 3.63) is 23.7 Å². The molecule has 1 heterocycles. The number of carbonyl (C=O) groups excluding carboxylic acids is 1. The van der Waals surface area contributed by atoms with Crippen molar-refractivity contribution in [2.45, 2.75) is 37.9 Å². The number of rotatable bonds is 8. The smallest absolute Gasteiger partial charge is 0.287 e. The van der Waals surface area contributed by atoms with Crippen LogP contribution in [0.1, 0.15) is 36.6 Å². The third kappa shape index (κ3) is 6.38. The van der Waals surface area contributed by atoms with Crippen LogP contribution in [0.3, 0.4) is 0 Å². The number of amides is 1. The Morgan fingerprint density at radius 1 is 1.45 bits per heavy atom. The fourth-order valence-corrected chi connectivity index (χ4v) is 2.09. The van der Waals surface area contributed by atoms with Crippen LogP contribution < -0.4 is 5.32 Å². The van der Waals surface area contributed by atoms with Gasteiger partial charge >= 0.3 is 0 Å². The van der Waals surface area contributed by atoms with E-state index < -0.39 is 17.8 Å². The minimum atomic E-state index is -2.47. The van der Waals surface area contributed by atoms with Crippen LogP contribution in [0.15, 0.2) is 16.5 Å². The lowest BCUT2D eigenvalue weighted by atomic mass is 10.1. The summed E-state index contributed by atoms with van der Waals surface area (Å²) in [7, 11) is 0. The van der Waals surface area contributed by atoms with E-state index in [0.717, 1.165) is 0 Å². The molecule has 20 heavy (non-hydrogen) atoms. The number of aliphatic hydroxyl groups excluding tert-OH is 1. The normalized spacial score (nSPS) is 12.9. The Kier molecular flexibility index (Phi) is 7.01. The quantitative estimate of drug-likeness (QED) is 0.775. The Morgan fingerprint density at radius 2 is 2.15 bits per heavy atom. The van der Waals surface area contributed by atoms with Crippen LogP contribution in [0, 0.1) is 5.92 Å². The second-order valence-corrected chi connectivity index (χ2v) is 5.81. The summed E-state index contributed by atoms with van der Waals surface area (Å²) in [5, 5.41) is 12.2. The van der Waals surface area contributed by atoms with Crippen LogP contribution in [-0.2, 0) is 5.75 Å². The van der Waals surface area contributed by atoms with Crippen molar-refractivity contribution in [2.75, 3.05) is 6.54 Å². The number of thioether (sulfide) groups is 1. The molecule has 0 aliphatic heterocycles. The summed E-state index contributed by atoms with van der Waals surface area (Å²) in [6.07, 6.45) is -0.0166. The van der Waals surface area contributed by atoms with Gasteiger partial charge in [-0.3, -0.25) is 4.79 Å². The molecule has 0 spiro atoms. The Balaban J connectivity index is 2.40. The molecule has 0 aliphatic carbocycles. The molecule has 1 atom stereocenters. The highest BCUT2D eigenvalue weighted by molar-refractivity contribution is 7.98. The summed E-state index contributed by atoms with van der Waals surface area (Å²) < 4.78 is 29.2. The Morgan fingerprint density at radius 3 is 2.75 bits per heavy atom. The summed E-state index contributed by atoms with van der Waals surface area (Å²) in [6, 6.07) is 2.93. The van der Waals surface area contributed by atoms with Gasteiger partial charge < -0.3 is 14.8 Å². The molecule has 0 fully saturated rings. The number of hydrogen-bond donors (Lipinski definition) is 2. The van der Waals surface area contributed by atoms with Crippen LogP contribution in [0.5, 0.6) is 0 Å². The van der Waals surface area contributed by atoms with Crippen molar-refractivity contribution >= 4 is 17.7 Å². The molecule has 114 valence electrons. The maximum Gasteiger partial charge on any atom is 0.287 e. The lowest BCUT2D eigenvalue weighted by molar-refractivity contribution is 0.0872. The fraction of sp³-hybridized carbons (Fsp3) is 0.615. The molecule has 0 aromatic carbocycles. The Hall–Kier alpha value is -1.08. The van der Waals surface area contributed by atoms with Crippen LogP contribution in [0.25, 0.3) is 0 Å². The minimum Gasteiger partial charge on any atom is -0.455 e. The van der Waals surface area contributed by atoms with Gasteiger partial charge in [0.05, 0.1) is 11.9 Å². The van der Waals surface area contributed by atoms with Gasteiger partial charge in [0.25, 0.3) is 11.7 Å². The van der Waals surface area contributed by atoms with Gasteiger partial charge in [-0.25, -0.2) is 0 Å². The van der Waals surface area contributed by atoms with Crippen molar-refractivity contribution in [3.8, 4) is 0 Å². The third-order valence-electron chi connectivity index (χ3n) is 2.48. The molecule has 0 aliphatic rings. The molecule has 1 aromatic heterocycles. The van der Waals surface area contributed by atoms with Crippen LogP contribution in [0.2, 0.25) is 0 Å². The lowest BCUT2D eigenvalue weighted by Gasteiger charge is -2.13. The average molecular weight is 307 g/mol. The zero-order chi connectivity index (χ0) is 15.1. The summed E-state index contributed by atoms with van der Waals surface area (Å²) >= 11 is 0.436. The topological polar surface area (TPSA) is 62.5 Å². The molecule has 0 saturated heterocycles. The Bertz CT molecular complexity index is 424. The first-order valence-corrected chi connectivity index (χ1v) is 7.38. The molecule has 0 saturated carbocycles. The van der Waals surface area contributed by atoms with Crippen molar-refractivity contribution in [1.29, 1.82) is 0 Å². The van der Waals surface area contributed by atoms with Crippen molar-refractivity contribution in [1.82, 2.24) is 5.32 Å². The monoisotopic (exact) mass is 307 g/mol. The lowest BCUT2D eigenvalue weighted by Crippen LogP contribution is -2.32. The van der Waals surface area contributed by atoms with E-state index in [1.54, 1.807) is 0 Å². The standard InChI is InChI=1S/C13H19F2NO3S/c1-8(2)5-9(17)6-16-12(18)11-4-3-10(19-11)7-20-13(14)15/h3-4,8-9,13,17H,5-7H2,1-2H3,(H,16,18). The first kappa shape index (κ1) is 17.0. The van der Waals surface area contributed by atoms with Gasteiger partial charge in [0.15, 0.2) is 5.76 Å². The van der Waals surface area contributed by atoms with Gasteiger partial charge in [-0.15, -0.1) is 0 Å². The number of halogens is 2. The number of nitrogens with one attached hydrogen (secondary N) is 1. The number of furan rings is 1. The maximum absolute atomic E-state index is 12.0. The highest BCUT2D eigenvalue weighted by atomic mass is 32.2. The van der Waals surface area contributed by atoms with Gasteiger partial charge in [-0.2, -0.15) is 8.78 Å². The summed E-state index contributed by atoms with van der Waals surface area (Å²) in [6.45, 7) is 4.09. The highest BCUT2D eigenvalue weighted by Gasteiger charge is 2.14. The SMILES string of the molecule is CC(C)CC(O)CNC(=O)c1ccc(CSC(F)F)o1. The molecular weight excluding hydrogens is 288 g/mol. The molecule has 4 nitrogen and oxygen atoms in total. The number of carbonyl (C=O) groups is 1. The number of aliphatic hydroxyl groups is 1. The fourth-order valence-electron chi connectivity index (χ4n) is 1.65. The zero-order valence-electron chi connectivity index (χ0n) is 11.4. The van der Waals surface area contributed by atoms with Crippen molar-refractivity contribution < 1.29 is 23.1 Å². The molecule has 1 rings (SSSR count). The molecule has 7 heteroatoms. The Labute approximate surface area is 120 Å². The van der Waals surface area contributed by atoms with Gasteiger partial charge in [-0.1, -0.05) is 25.6 Å². The highest BCUT2D eigenvalue weighted by Crippen LogP contribution is 2.21. The predicted octanol–water partition coefficient (Wildman–Crippen LogP) is 2.87. The van der Waals surface area contributed by atoms with Gasteiger partial charge in [0.2, 0.25) is 0 Å². The van der Waals surface area contributed by atoms with E-state index in [2.05, 4.69) is 5.32 Å². The van der Waals surface area contributed by atoms with Crippen LogP contribution >= 0.6 is 11.8 Å². The molecule has 2 N–H and O–H groups in total. The van der Waals surface area contributed by atoms with Gasteiger partial charge in [0.1, 0.15) is 5.76 Å². The first-order valence-electron chi connectivity index (χ1n) is 6.33. The van der Waals surface area contributed by atoms with Gasteiger partial charge in [0, 0.05) is 6.54 Å². The number of hydrogen-bond acceptors (Lipinski definition) is 4. The second kappa shape index (κ2) is 8.26. The van der Waals surface area contributed by atoms with E-state index in [-0.39, 0.29) is 18.1 Å². The molecule has 1 aromatic rings. The van der Waals surface area contributed by atoms with E-state index in [9.17, 15) is 18.7 Å². The number of alkyl halides is 2. The van der Waals surface area contributed by atoms with E-state index in [1.165, 1.54) is 12.1 Å². The van der Waals surface area contributed by atoms with E-state index in [4.69, 9.17) is 4.42 Å². The average Bonchev–Trinajstić information content (AvgIpc) is 2.81. The largest absolute Gasteiger partial charge is 0.455 e. The molecular formula is C13H19F2NO3S. The van der Waals surface area contributed by atoms with Crippen LogP contribution in [-0.4, -0.2) is 29.4 Å². The molecule has 0 bridgehead atoms. The molecule has 0 radical (unpaired) electrons.